The van der Waals surface area contributed by atoms with Gasteiger partial charge in [0.05, 0.1) is 12.3 Å². The topological polar surface area (TPSA) is 65.7 Å². The van der Waals surface area contributed by atoms with Crippen molar-refractivity contribution in [2.24, 2.45) is 4.99 Å². The van der Waals surface area contributed by atoms with Gasteiger partial charge in [-0.3, -0.25) is 4.99 Å². The van der Waals surface area contributed by atoms with Crippen LogP contribution in [0.5, 0.6) is 0 Å². The van der Waals surface area contributed by atoms with Crippen molar-refractivity contribution in [1.82, 2.24) is 15.6 Å². The summed E-state index contributed by atoms with van der Waals surface area (Å²) in [5.41, 5.74) is 2.31. The van der Waals surface area contributed by atoms with Crippen LogP contribution in [-0.2, 0) is 6.42 Å². The Morgan fingerprint density at radius 2 is 1.91 bits per heavy atom. The maximum absolute atomic E-state index is 5.46. The Morgan fingerprint density at radius 3 is 2.62 bits per heavy atom. The molecule has 1 fully saturated rings. The molecule has 1 aliphatic rings. The molecule has 3 heterocycles. The minimum absolute atomic E-state index is 0.169. The normalized spacial score (nSPS) is 16.1. The molecule has 168 valence electrons. The number of benzene rings is 1. The summed E-state index contributed by atoms with van der Waals surface area (Å²) in [5, 5.41) is 7.27. The van der Waals surface area contributed by atoms with E-state index in [1.807, 2.05) is 31.2 Å². The van der Waals surface area contributed by atoms with Gasteiger partial charge in [-0.2, -0.15) is 0 Å². The number of guanidine groups is 1. The van der Waals surface area contributed by atoms with E-state index in [1.165, 1.54) is 5.56 Å². The van der Waals surface area contributed by atoms with E-state index in [2.05, 4.69) is 63.8 Å². The molecule has 0 amide bonds. The summed E-state index contributed by atoms with van der Waals surface area (Å²) < 4.78 is 5.46. The van der Waals surface area contributed by atoms with Crippen molar-refractivity contribution in [3.63, 3.8) is 0 Å². The molecular formula is C26H33N5O. The van der Waals surface area contributed by atoms with Crippen molar-refractivity contribution in [2.45, 2.75) is 45.2 Å². The average Bonchev–Trinajstić information content (AvgIpc) is 3.34. The number of nitrogens with zero attached hydrogens (tertiary/aromatic N) is 3. The van der Waals surface area contributed by atoms with E-state index in [0.717, 1.165) is 55.6 Å². The standard InChI is InChI=1S/C26H33N5O/c1-20-8-6-12-25(28-20)31-17-14-23(15-18-31)30-26(27-16-13-24-11-7-19-32-24)29-21(2)22-9-4-3-5-10-22/h3-12,19,21,23H,13-18H2,1-2H3,(H2,27,29,30). The number of hydrogen-bond acceptors (Lipinski definition) is 4. The molecule has 0 spiro atoms. The van der Waals surface area contributed by atoms with Crippen LogP contribution in [0.2, 0.25) is 0 Å². The number of anilines is 1. The van der Waals surface area contributed by atoms with Crippen LogP contribution in [0.1, 0.15) is 42.8 Å². The summed E-state index contributed by atoms with van der Waals surface area (Å²) in [6, 6.07) is 21.2. The zero-order valence-electron chi connectivity index (χ0n) is 19.0. The fourth-order valence-corrected chi connectivity index (χ4v) is 4.05. The van der Waals surface area contributed by atoms with E-state index in [1.54, 1.807) is 6.26 Å². The largest absolute Gasteiger partial charge is 0.469 e. The molecular weight excluding hydrogens is 398 g/mol. The van der Waals surface area contributed by atoms with Crippen molar-refractivity contribution in [3.8, 4) is 0 Å². The smallest absolute Gasteiger partial charge is 0.191 e. The van der Waals surface area contributed by atoms with Crippen LogP contribution < -0.4 is 15.5 Å². The second-order valence-electron chi connectivity index (χ2n) is 8.38. The summed E-state index contributed by atoms with van der Waals surface area (Å²) in [4.78, 5) is 11.9. The molecule has 1 saturated heterocycles. The van der Waals surface area contributed by atoms with Gasteiger partial charge in [0, 0.05) is 37.8 Å². The number of aliphatic imine (C=N–C) groups is 1. The summed E-state index contributed by atoms with van der Waals surface area (Å²) in [6.45, 7) is 6.87. The number of furan rings is 1. The van der Waals surface area contributed by atoms with Crippen LogP contribution >= 0.6 is 0 Å². The Bertz CT molecular complexity index is 978. The molecule has 6 nitrogen and oxygen atoms in total. The number of aryl methyl sites for hydroxylation is 1. The maximum atomic E-state index is 5.46. The first-order valence-electron chi connectivity index (χ1n) is 11.5. The van der Waals surface area contributed by atoms with Crippen molar-refractivity contribution in [1.29, 1.82) is 0 Å². The molecule has 2 aromatic heterocycles. The summed E-state index contributed by atoms with van der Waals surface area (Å²) in [7, 11) is 0. The van der Waals surface area contributed by atoms with Crippen LogP contribution in [0, 0.1) is 6.92 Å². The second kappa shape index (κ2) is 10.8. The van der Waals surface area contributed by atoms with Crippen LogP contribution in [0.25, 0.3) is 0 Å². The maximum Gasteiger partial charge on any atom is 0.191 e. The van der Waals surface area contributed by atoms with Gasteiger partial charge >= 0.3 is 0 Å². The molecule has 1 aliphatic heterocycles. The minimum atomic E-state index is 0.169. The summed E-state index contributed by atoms with van der Waals surface area (Å²) in [6.07, 6.45) is 4.60. The van der Waals surface area contributed by atoms with E-state index < -0.39 is 0 Å². The molecule has 0 aliphatic carbocycles. The second-order valence-corrected chi connectivity index (χ2v) is 8.38. The van der Waals surface area contributed by atoms with Gasteiger partial charge in [0.1, 0.15) is 11.6 Å². The molecule has 0 radical (unpaired) electrons. The molecule has 0 saturated carbocycles. The Balaban J connectivity index is 1.37. The molecule has 3 aromatic rings. The molecule has 1 unspecified atom stereocenters. The predicted octanol–water partition coefficient (Wildman–Crippen LogP) is 4.49. The molecule has 0 bridgehead atoms. The third-order valence-corrected chi connectivity index (χ3v) is 5.89. The van der Waals surface area contributed by atoms with Gasteiger partial charge in [0.25, 0.3) is 0 Å². The number of nitrogens with one attached hydrogen (secondary N) is 2. The Kier molecular flexibility index (Phi) is 7.43. The molecule has 1 atom stereocenters. The van der Waals surface area contributed by atoms with Crippen molar-refractivity contribution >= 4 is 11.8 Å². The average molecular weight is 432 g/mol. The molecule has 2 N–H and O–H groups in total. The van der Waals surface area contributed by atoms with Crippen molar-refractivity contribution in [2.75, 3.05) is 24.5 Å². The molecule has 32 heavy (non-hydrogen) atoms. The fourth-order valence-electron chi connectivity index (χ4n) is 4.05. The third kappa shape index (κ3) is 6.13. The fraction of sp³-hybridized carbons (Fsp3) is 0.385. The monoisotopic (exact) mass is 431 g/mol. The zero-order valence-corrected chi connectivity index (χ0v) is 19.0. The van der Waals surface area contributed by atoms with Gasteiger partial charge < -0.3 is 20.0 Å². The van der Waals surface area contributed by atoms with E-state index in [0.29, 0.717) is 12.6 Å². The van der Waals surface area contributed by atoms with E-state index >= 15 is 0 Å². The molecule has 6 heteroatoms. The number of rotatable bonds is 7. The Labute approximate surface area is 190 Å². The number of aromatic nitrogens is 1. The van der Waals surface area contributed by atoms with Crippen LogP contribution in [-0.4, -0.2) is 36.6 Å². The van der Waals surface area contributed by atoms with Gasteiger partial charge in [0.15, 0.2) is 5.96 Å². The lowest BCUT2D eigenvalue weighted by atomic mass is 10.0. The minimum Gasteiger partial charge on any atom is -0.469 e. The Hall–Kier alpha value is -3.28. The quantitative estimate of drug-likeness (QED) is 0.426. The van der Waals surface area contributed by atoms with Gasteiger partial charge in [0.2, 0.25) is 0 Å². The summed E-state index contributed by atoms with van der Waals surface area (Å²) >= 11 is 0. The highest BCUT2D eigenvalue weighted by Gasteiger charge is 2.21. The lowest BCUT2D eigenvalue weighted by Gasteiger charge is -2.34. The number of hydrogen-bond donors (Lipinski definition) is 2. The zero-order chi connectivity index (χ0) is 22.2. The van der Waals surface area contributed by atoms with Crippen LogP contribution in [0.3, 0.4) is 0 Å². The van der Waals surface area contributed by atoms with Crippen molar-refractivity contribution < 1.29 is 4.42 Å². The first kappa shape index (κ1) is 21.9. The van der Waals surface area contributed by atoms with E-state index in [-0.39, 0.29) is 6.04 Å². The summed E-state index contributed by atoms with van der Waals surface area (Å²) in [5.74, 6) is 2.90. The van der Waals surface area contributed by atoms with Crippen molar-refractivity contribution in [3.05, 3.63) is 83.9 Å². The predicted molar refractivity (Wildman–Crippen MR) is 130 cm³/mol. The molecule has 1 aromatic carbocycles. The highest BCUT2D eigenvalue weighted by atomic mass is 16.3. The Morgan fingerprint density at radius 1 is 1.09 bits per heavy atom. The lowest BCUT2D eigenvalue weighted by Crippen LogP contribution is -2.49. The third-order valence-electron chi connectivity index (χ3n) is 5.89. The van der Waals surface area contributed by atoms with Crippen LogP contribution in [0.4, 0.5) is 5.82 Å². The highest BCUT2D eigenvalue weighted by molar-refractivity contribution is 5.80. The van der Waals surface area contributed by atoms with Gasteiger partial charge in [-0.15, -0.1) is 0 Å². The van der Waals surface area contributed by atoms with E-state index in [4.69, 9.17) is 9.41 Å². The molecule has 4 rings (SSSR count). The number of pyridine rings is 1. The van der Waals surface area contributed by atoms with Gasteiger partial charge in [-0.05, 0) is 56.5 Å². The first-order valence-corrected chi connectivity index (χ1v) is 11.5. The highest BCUT2D eigenvalue weighted by Crippen LogP contribution is 2.18. The van der Waals surface area contributed by atoms with E-state index in [9.17, 15) is 0 Å². The lowest BCUT2D eigenvalue weighted by molar-refractivity contribution is 0.456. The first-order chi connectivity index (χ1) is 15.7. The van der Waals surface area contributed by atoms with Gasteiger partial charge in [-0.25, -0.2) is 4.98 Å². The van der Waals surface area contributed by atoms with Crippen LogP contribution in [0.15, 0.2) is 76.3 Å². The van der Waals surface area contributed by atoms with Gasteiger partial charge in [-0.1, -0.05) is 36.4 Å². The SMILES string of the molecule is Cc1cccc(N2CCC(NC(=NCCc3ccco3)NC(C)c3ccccc3)CC2)n1. The number of piperidine rings is 1.